The largest absolute Gasteiger partial charge is 0.349 e. The zero-order chi connectivity index (χ0) is 17.9. The van der Waals surface area contributed by atoms with Gasteiger partial charge in [-0.05, 0) is 24.1 Å². The van der Waals surface area contributed by atoms with Gasteiger partial charge in [0.2, 0.25) is 6.23 Å². The molecule has 6 nitrogen and oxygen atoms in total. The van der Waals surface area contributed by atoms with Crippen LogP contribution in [-0.4, -0.2) is 31.2 Å². The van der Waals surface area contributed by atoms with Crippen molar-refractivity contribution in [3.05, 3.63) is 71.8 Å². The quantitative estimate of drug-likeness (QED) is 0.566. The predicted octanol–water partition coefficient (Wildman–Crippen LogP) is 1.64. The summed E-state index contributed by atoms with van der Waals surface area (Å²) < 4.78 is 5.54. The first kappa shape index (κ1) is 18.2. The maximum absolute atomic E-state index is 12.2. The van der Waals surface area contributed by atoms with E-state index in [1.165, 1.54) is 0 Å². The number of ether oxygens (including phenoxy) is 1. The smallest absolute Gasteiger partial charge is 0.270 e. The van der Waals surface area contributed by atoms with E-state index in [9.17, 15) is 9.59 Å². The molecule has 2 rings (SSSR count). The lowest BCUT2D eigenvalue weighted by atomic mass is 10.2. The van der Waals surface area contributed by atoms with E-state index in [1.807, 2.05) is 36.4 Å². The first-order valence-electron chi connectivity index (χ1n) is 7.87. The Morgan fingerprint density at radius 3 is 2.32 bits per heavy atom. The fourth-order valence-corrected chi connectivity index (χ4v) is 2.13. The lowest BCUT2D eigenvalue weighted by Gasteiger charge is -2.18. The minimum absolute atomic E-state index is 0.154. The summed E-state index contributed by atoms with van der Waals surface area (Å²) >= 11 is 0. The summed E-state index contributed by atoms with van der Waals surface area (Å²) in [5.41, 5.74) is 1.49. The van der Waals surface area contributed by atoms with E-state index in [0.717, 1.165) is 5.56 Å². The molecule has 1 atom stereocenters. The van der Waals surface area contributed by atoms with Crippen LogP contribution in [0, 0.1) is 11.3 Å². The molecule has 0 bridgehead atoms. The highest BCUT2D eigenvalue weighted by atomic mass is 16.5. The van der Waals surface area contributed by atoms with Gasteiger partial charge in [-0.25, -0.2) is 0 Å². The summed E-state index contributed by atoms with van der Waals surface area (Å²) in [6.45, 7) is 0.0995. The predicted molar refractivity (Wildman–Crippen MR) is 92.4 cm³/mol. The Hall–Kier alpha value is -3.17. The van der Waals surface area contributed by atoms with E-state index >= 15 is 0 Å². The van der Waals surface area contributed by atoms with Crippen molar-refractivity contribution in [1.82, 2.24) is 10.6 Å². The average Bonchev–Trinajstić information content (AvgIpc) is 2.66. The number of nitriles is 1. The fraction of sp³-hybridized carbons (Fsp3) is 0.211. The minimum Gasteiger partial charge on any atom is -0.349 e. The number of hydrogen-bond acceptors (Lipinski definition) is 4. The third-order valence-electron chi connectivity index (χ3n) is 3.40. The number of nitrogens with zero attached hydrogens (tertiary/aromatic N) is 1. The van der Waals surface area contributed by atoms with E-state index < -0.39 is 18.0 Å². The number of hydrogen-bond donors (Lipinski definition) is 2. The van der Waals surface area contributed by atoms with Crippen LogP contribution in [0.1, 0.15) is 15.9 Å². The van der Waals surface area contributed by atoms with Gasteiger partial charge in [0.1, 0.15) is 6.54 Å². The molecule has 0 heterocycles. The van der Waals surface area contributed by atoms with Gasteiger partial charge >= 0.3 is 0 Å². The van der Waals surface area contributed by atoms with Crippen LogP contribution in [0.5, 0.6) is 0 Å². The van der Waals surface area contributed by atoms with Gasteiger partial charge in [-0.15, -0.1) is 0 Å². The van der Waals surface area contributed by atoms with Crippen LogP contribution >= 0.6 is 0 Å². The monoisotopic (exact) mass is 337 g/mol. The van der Waals surface area contributed by atoms with Crippen molar-refractivity contribution in [1.29, 1.82) is 5.26 Å². The second kappa shape index (κ2) is 9.85. The SMILES string of the molecule is N#CCNC(=O)C(NC(=O)c1ccccc1)OCCc1ccccc1. The molecule has 0 fully saturated rings. The molecule has 0 aliphatic rings. The topological polar surface area (TPSA) is 91.2 Å². The van der Waals surface area contributed by atoms with Gasteiger partial charge in [-0.3, -0.25) is 9.59 Å². The van der Waals surface area contributed by atoms with Crippen molar-refractivity contribution < 1.29 is 14.3 Å². The van der Waals surface area contributed by atoms with E-state index in [2.05, 4.69) is 10.6 Å². The first-order chi connectivity index (χ1) is 12.2. The van der Waals surface area contributed by atoms with Crippen molar-refractivity contribution in [3.8, 4) is 6.07 Å². The maximum Gasteiger partial charge on any atom is 0.270 e. The Kier molecular flexibility index (Phi) is 7.16. The Labute approximate surface area is 146 Å². The normalized spacial score (nSPS) is 11.2. The van der Waals surface area contributed by atoms with E-state index in [4.69, 9.17) is 10.00 Å². The standard InChI is InChI=1S/C19H19N3O3/c20-12-13-21-18(24)19(22-17(23)16-9-5-2-6-10-16)25-14-11-15-7-3-1-4-8-15/h1-10,19H,11,13-14H2,(H,21,24)(H,22,23). The second-order valence-corrected chi connectivity index (χ2v) is 5.20. The highest BCUT2D eigenvalue weighted by Gasteiger charge is 2.21. The summed E-state index contributed by atoms with van der Waals surface area (Å²) in [7, 11) is 0. The molecule has 0 saturated heterocycles. The van der Waals surface area contributed by atoms with E-state index in [0.29, 0.717) is 12.0 Å². The molecule has 6 heteroatoms. The Balaban J connectivity index is 1.96. The molecule has 0 aromatic heterocycles. The summed E-state index contributed by atoms with van der Waals surface area (Å²) in [5, 5.41) is 13.5. The molecule has 25 heavy (non-hydrogen) atoms. The molecule has 2 amide bonds. The van der Waals surface area contributed by atoms with Crippen LogP contribution in [0.15, 0.2) is 60.7 Å². The number of carbonyl (C=O) groups excluding carboxylic acids is 2. The van der Waals surface area contributed by atoms with Crippen molar-refractivity contribution in [3.63, 3.8) is 0 Å². The van der Waals surface area contributed by atoms with Gasteiger partial charge in [0.15, 0.2) is 0 Å². The fourth-order valence-electron chi connectivity index (χ4n) is 2.13. The third-order valence-corrected chi connectivity index (χ3v) is 3.40. The number of benzene rings is 2. The van der Waals surface area contributed by atoms with Crippen molar-refractivity contribution >= 4 is 11.8 Å². The van der Waals surface area contributed by atoms with Crippen LogP contribution in [-0.2, 0) is 16.0 Å². The molecule has 128 valence electrons. The average molecular weight is 337 g/mol. The van der Waals surface area contributed by atoms with Crippen molar-refractivity contribution in [2.24, 2.45) is 0 Å². The minimum atomic E-state index is -1.16. The van der Waals surface area contributed by atoms with E-state index in [-0.39, 0.29) is 13.2 Å². The molecule has 2 N–H and O–H groups in total. The molecule has 1 unspecified atom stereocenters. The molecule has 0 aliphatic heterocycles. The number of amides is 2. The number of nitrogens with one attached hydrogen (secondary N) is 2. The molecule has 0 saturated carbocycles. The molecule has 2 aromatic rings. The lowest BCUT2D eigenvalue weighted by molar-refractivity contribution is -0.134. The molecular weight excluding hydrogens is 318 g/mol. The second-order valence-electron chi connectivity index (χ2n) is 5.20. The lowest BCUT2D eigenvalue weighted by Crippen LogP contribution is -2.48. The van der Waals surface area contributed by atoms with Crippen LogP contribution in [0.2, 0.25) is 0 Å². The maximum atomic E-state index is 12.2. The van der Waals surface area contributed by atoms with Gasteiger partial charge in [0.25, 0.3) is 11.8 Å². The molecule has 0 aliphatic carbocycles. The van der Waals surface area contributed by atoms with Crippen LogP contribution in [0.4, 0.5) is 0 Å². The highest BCUT2D eigenvalue weighted by Crippen LogP contribution is 2.03. The van der Waals surface area contributed by atoms with E-state index in [1.54, 1.807) is 30.3 Å². The highest BCUT2D eigenvalue weighted by molar-refractivity contribution is 5.97. The Morgan fingerprint density at radius 2 is 1.68 bits per heavy atom. The van der Waals surface area contributed by atoms with Gasteiger partial charge in [-0.1, -0.05) is 48.5 Å². The number of rotatable bonds is 8. The Morgan fingerprint density at radius 1 is 1.04 bits per heavy atom. The zero-order valence-corrected chi connectivity index (χ0v) is 13.6. The van der Waals surface area contributed by atoms with Crippen molar-refractivity contribution in [2.45, 2.75) is 12.6 Å². The molecular formula is C19H19N3O3. The Bertz CT molecular complexity index is 727. The molecule has 0 spiro atoms. The molecule has 2 aromatic carbocycles. The zero-order valence-electron chi connectivity index (χ0n) is 13.6. The number of carbonyl (C=O) groups is 2. The van der Waals surface area contributed by atoms with Gasteiger partial charge in [0.05, 0.1) is 12.7 Å². The van der Waals surface area contributed by atoms with Crippen LogP contribution < -0.4 is 10.6 Å². The third kappa shape index (κ3) is 6.09. The van der Waals surface area contributed by atoms with Gasteiger partial charge < -0.3 is 15.4 Å². The summed E-state index contributed by atoms with van der Waals surface area (Å²) in [6.07, 6.45) is -0.561. The first-order valence-corrected chi connectivity index (χ1v) is 7.87. The van der Waals surface area contributed by atoms with Crippen LogP contribution in [0.25, 0.3) is 0 Å². The van der Waals surface area contributed by atoms with Gasteiger partial charge in [-0.2, -0.15) is 5.26 Å². The summed E-state index contributed by atoms with van der Waals surface area (Å²) in [6, 6.07) is 20.0. The summed E-state index contributed by atoms with van der Waals surface area (Å²) in [4.78, 5) is 24.3. The van der Waals surface area contributed by atoms with Crippen LogP contribution in [0.3, 0.4) is 0 Å². The summed E-state index contributed by atoms with van der Waals surface area (Å²) in [5.74, 6) is -0.976. The molecule has 0 radical (unpaired) electrons. The van der Waals surface area contributed by atoms with Gasteiger partial charge in [0, 0.05) is 5.56 Å². The van der Waals surface area contributed by atoms with Crippen molar-refractivity contribution in [2.75, 3.05) is 13.2 Å².